The normalized spacial score (nSPS) is 10.4. The third kappa shape index (κ3) is 3.29. The Morgan fingerprint density at radius 3 is 2.86 bits per heavy atom. The Balaban J connectivity index is 2.41. The molecule has 1 heterocycles. The number of imidazole rings is 1. The lowest BCUT2D eigenvalue weighted by Gasteiger charge is -1.98. The van der Waals surface area contributed by atoms with Crippen LogP contribution in [0.5, 0.6) is 0 Å². The first-order chi connectivity index (χ1) is 6.77. The van der Waals surface area contributed by atoms with E-state index in [1.807, 2.05) is 9.79 Å². The average Bonchev–Trinajstić information content (AvgIpc) is 2.54. The van der Waals surface area contributed by atoms with Crippen LogP contribution in [0.4, 0.5) is 0 Å². The maximum Gasteiger partial charge on any atom is 0.119 e. The van der Waals surface area contributed by atoms with E-state index in [4.69, 9.17) is 0 Å². The first kappa shape index (κ1) is 11.5. The van der Waals surface area contributed by atoms with Crippen LogP contribution >= 0.6 is 16.1 Å². The minimum Gasteiger partial charge on any atom is -0.269 e. The van der Waals surface area contributed by atoms with Crippen molar-refractivity contribution in [1.82, 2.24) is 8.58 Å². The maximum absolute atomic E-state index is 4.42. The predicted octanol–water partition coefficient (Wildman–Crippen LogP) is 3.81. The molecule has 0 spiro atoms. The second kappa shape index (κ2) is 6.02. The first-order valence-corrected chi connectivity index (χ1v) is 5.85. The third-order valence-corrected chi connectivity index (χ3v) is 2.83. The molecular formula is C11H17BrN2. The van der Waals surface area contributed by atoms with Gasteiger partial charge >= 0.3 is 0 Å². The lowest BCUT2D eigenvalue weighted by atomic mass is 10.1. The Hall–Kier alpha value is -0.570. The molecule has 78 valence electrons. The minimum absolute atomic E-state index is 0.937. The fraction of sp³-hybridized carbons (Fsp3) is 0.545. The van der Waals surface area contributed by atoms with Crippen LogP contribution in [-0.4, -0.2) is 8.58 Å². The van der Waals surface area contributed by atoms with Crippen LogP contribution in [0.1, 0.15) is 44.1 Å². The van der Waals surface area contributed by atoms with Gasteiger partial charge in [-0.2, -0.15) is 0 Å². The number of aromatic nitrogens is 2. The van der Waals surface area contributed by atoms with Gasteiger partial charge < -0.3 is 0 Å². The summed E-state index contributed by atoms with van der Waals surface area (Å²) in [6.45, 7) is 5.92. The van der Waals surface area contributed by atoms with Crippen LogP contribution in [0.25, 0.3) is 6.08 Å². The summed E-state index contributed by atoms with van der Waals surface area (Å²) in [7, 11) is 0. The van der Waals surface area contributed by atoms with Crippen molar-refractivity contribution in [2.45, 2.75) is 39.0 Å². The molecule has 0 amide bonds. The highest BCUT2D eigenvalue weighted by molar-refractivity contribution is 9.08. The average molecular weight is 257 g/mol. The lowest BCUT2D eigenvalue weighted by molar-refractivity contribution is 0.653. The molecule has 0 atom stereocenters. The van der Waals surface area contributed by atoms with Gasteiger partial charge in [0.05, 0.1) is 21.8 Å². The Bertz CT molecular complexity index is 291. The van der Waals surface area contributed by atoms with Gasteiger partial charge in [0.25, 0.3) is 0 Å². The van der Waals surface area contributed by atoms with E-state index >= 15 is 0 Å². The molecule has 1 rings (SSSR count). The van der Waals surface area contributed by atoms with E-state index < -0.39 is 0 Å². The maximum atomic E-state index is 4.42. The third-order valence-electron chi connectivity index (χ3n) is 2.21. The number of nitrogens with zero attached hydrogens (tertiary/aromatic N) is 2. The van der Waals surface area contributed by atoms with E-state index in [1.165, 1.54) is 25.7 Å². The van der Waals surface area contributed by atoms with Crippen molar-refractivity contribution in [2.75, 3.05) is 0 Å². The van der Waals surface area contributed by atoms with Crippen molar-refractivity contribution in [2.24, 2.45) is 0 Å². The molecule has 0 radical (unpaired) electrons. The van der Waals surface area contributed by atoms with Crippen molar-refractivity contribution < 1.29 is 0 Å². The highest BCUT2D eigenvalue weighted by Gasteiger charge is 2.03. The van der Waals surface area contributed by atoms with E-state index in [0.29, 0.717) is 0 Å². The fourth-order valence-corrected chi connectivity index (χ4v) is 1.85. The SMILES string of the molecule is C=Cc1cn(Br)c(CCCCCC)n1. The molecule has 0 fully saturated rings. The molecular weight excluding hydrogens is 240 g/mol. The zero-order valence-corrected chi connectivity index (χ0v) is 10.3. The summed E-state index contributed by atoms with van der Waals surface area (Å²) in [5, 5.41) is 0. The summed E-state index contributed by atoms with van der Waals surface area (Å²) in [5.74, 6) is 1.09. The Kier molecular flexibility index (Phi) is 4.94. The number of aryl methyl sites for hydroxylation is 1. The highest BCUT2D eigenvalue weighted by atomic mass is 79.9. The molecule has 1 aromatic heterocycles. The minimum atomic E-state index is 0.937. The zero-order chi connectivity index (χ0) is 10.4. The molecule has 0 aromatic carbocycles. The van der Waals surface area contributed by atoms with Crippen molar-refractivity contribution in [3.63, 3.8) is 0 Å². The van der Waals surface area contributed by atoms with Gasteiger partial charge in [-0.3, -0.25) is 3.59 Å². The summed E-state index contributed by atoms with van der Waals surface area (Å²) in [6, 6.07) is 0. The van der Waals surface area contributed by atoms with E-state index in [1.54, 1.807) is 6.08 Å². The number of halogens is 1. The Morgan fingerprint density at radius 1 is 1.50 bits per heavy atom. The molecule has 3 heteroatoms. The molecule has 0 bridgehead atoms. The van der Waals surface area contributed by atoms with Gasteiger partial charge in [0.2, 0.25) is 0 Å². The highest BCUT2D eigenvalue weighted by Crippen LogP contribution is 2.11. The monoisotopic (exact) mass is 256 g/mol. The Labute approximate surface area is 94.4 Å². The van der Waals surface area contributed by atoms with Gasteiger partial charge in [0, 0.05) is 12.6 Å². The molecule has 0 unspecified atom stereocenters. The van der Waals surface area contributed by atoms with E-state index in [2.05, 4.69) is 34.6 Å². The summed E-state index contributed by atoms with van der Waals surface area (Å²) in [6.07, 6.45) is 9.86. The van der Waals surface area contributed by atoms with Crippen LogP contribution in [0, 0.1) is 0 Å². The van der Waals surface area contributed by atoms with Crippen LogP contribution in [0.15, 0.2) is 12.8 Å². The summed E-state index contributed by atoms with van der Waals surface area (Å²) >= 11 is 3.43. The van der Waals surface area contributed by atoms with Crippen molar-refractivity contribution in [1.29, 1.82) is 0 Å². The number of rotatable bonds is 6. The van der Waals surface area contributed by atoms with Gasteiger partial charge in [-0.1, -0.05) is 32.8 Å². The van der Waals surface area contributed by atoms with Gasteiger partial charge in [-0.15, -0.1) is 0 Å². The molecule has 14 heavy (non-hydrogen) atoms. The zero-order valence-electron chi connectivity index (χ0n) is 8.67. The second-order valence-electron chi connectivity index (χ2n) is 3.41. The van der Waals surface area contributed by atoms with Gasteiger partial charge in [0.15, 0.2) is 0 Å². The largest absolute Gasteiger partial charge is 0.269 e. The van der Waals surface area contributed by atoms with Crippen molar-refractivity contribution in [3.05, 3.63) is 24.3 Å². The molecule has 0 aliphatic rings. The molecule has 2 nitrogen and oxygen atoms in total. The molecule has 0 aliphatic carbocycles. The molecule has 0 N–H and O–H groups in total. The van der Waals surface area contributed by atoms with Gasteiger partial charge in [-0.25, -0.2) is 4.98 Å². The summed E-state index contributed by atoms with van der Waals surface area (Å²) < 4.78 is 1.91. The number of hydrogen-bond acceptors (Lipinski definition) is 1. The second-order valence-corrected chi connectivity index (χ2v) is 4.17. The standard InChI is InChI=1S/C11H17BrN2/c1-3-5-6-7-8-11-13-10(4-2)9-14(11)12/h4,9H,2-3,5-8H2,1H3. The van der Waals surface area contributed by atoms with E-state index in [-0.39, 0.29) is 0 Å². The summed E-state index contributed by atoms with van der Waals surface area (Å²) in [4.78, 5) is 4.42. The topological polar surface area (TPSA) is 17.8 Å². The van der Waals surface area contributed by atoms with Crippen LogP contribution in [-0.2, 0) is 6.42 Å². The quantitative estimate of drug-likeness (QED) is 0.708. The first-order valence-electron chi connectivity index (χ1n) is 5.14. The number of unbranched alkanes of at least 4 members (excludes halogenated alkanes) is 3. The van der Waals surface area contributed by atoms with Crippen LogP contribution in [0.2, 0.25) is 0 Å². The van der Waals surface area contributed by atoms with Crippen LogP contribution in [0.3, 0.4) is 0 Å². The lowest BCUT2D eigenvalue weighted by Crippen LogP contribution is -1.92. The Morgan fingerprint density at radius 2 is 2.29 bits per heavy atom. The molecule has 1 aromatic rings. The van der Waals surface area contributed by atoms with Crippen molar-refractivity contribution in [3.8, 4) is 0 Å². The van der Waals surface area contributed by atoms with Crippen molar-refractivity contribution >= 4 is 22.2 Å². The molecule has 0 saturated heterocycles. The van der Waals surface area contributed by atoms with Gasteiger partial charge in [-0.05, 0) is 12.5 Å². The molecule has 0 saturated carbocycles. The smallest absolute Gasteiger partial charge is 0.119 e. The number of hydrogen-bond donors (Lipinski definition) is 0. The predicted molar refractivity (Wildman–Crippen MR) is 64.5 cm³/mol. The van der Waals surface area contributed by atoms with Gasteiger partial charge in [0.1, 0.15) is 5.82 Å². The van der Waals surface area contributed by atoms with E-state index in [9.17, 15) is 0 Å². The van der Waals surface area contributed by atoms with Crippen LogP contribution < -0.4 is 0 Å². The summed E-state index contributed by atoms with van der Waals surface area (Å²) in [5.41, 5.74) is 0.937. The van der Waals surface area contributed by atoms with E-state index in [0.717, 1.165) is 17.9 Å². The molecule has 0 aliphatic heterocycles. The fourth-order valence-electron chi connectivity index (χ4n) is 1.39.